The Morgan fingerprint density at radius 2 is 2.00 bits per heavy atom. The van der Waals surface area contributed by atoms with Gasteiger partial charge in [-0.2, -0.15) is 0 Å². The van der Waals surface area contributed by atoms with Crippen LogP contribution in [0.25, 0.3) is 11.5 Å². The Hall–Kier alpha value is -2.24. The summed E-state index contributed by atoms with van der Waals surface area (Å²) in [6, 6.07) is 0. The Bertz CT molecular complexity index is 850. The minimum absolute atomic E-state index is 0.199. The third-order valence-corrected chi connectivity index (χ3v) is 6.05. The van der Waals surface area contributed by atoms with Crippen molar-refractivity contribution >= 4 is 11.6 Å². The first-order valence-electron chi connectivity index (χ1n) is 10.0. The monoisotopic (exact) mass is 367 g/mol. The second-order valence-corrected chi connectivity index (χ2v) is 8.66. The molecule has 6 nitrogen and oxygen atoms in total. The first kappa shape index (κ1) is 18.1. The number of carbonyl (C=O) groups is 1. The number of nitrogens with zero attached hydrogens (tertiary/aromatic N) is 5. The molecule has 2 heterocycles. The van der Waals surface area contributed by atoms with Gasteiger partial charge < -0.3 is 9.47 Å². The summed E-state index contributed by atoms with van der Waals surface area (Å²) in [5.41, 5.74) is 3.30. The number of rotatable bonds is 6. The van der Waals surface area contributed by atoms with Gasteiger partial charge in [-0.05, 0) is 37.5 Å². The summed E-state index contributed by atoms with van der Waals surface area (Å²) < 4.78 is 1.90. The largest absolute Gasteiger partial charge is 0.352 e. The van der Waals surface area contributed by atoms with Gasteiger partial charge in [-0.3, -0.25) is 4.79 Å². The van der Waals surface area contributed by atoms with Crippen molar-refractivity contribution in [1.29, 1.82) is 0 Å². The van der Waals surface area contributed by atoms with E-state index in [1.807, 2.05) is 29.8 Å². The molecular formula is C21H29N5O. The van der Waals surface area contributed by atoms with Crippen LogP contribution in [0.3, 0.4) is 0 Å². The number of anilines is 1. The van der Waals surface area contributed by atoms with Gasteiger partial charge in [-0.1, -0.05) is 19.8 Å². The topological polar surface area (TPSA) is 63.9 Å². The Morgan fingerprint density at radius 1 is 1.22 bits per heavy atom. The van der Waals surface area contributed by atoms with E-state index in [2.05, 4.69) is 11.9 Å². The Kier molecular flexibility index (Phi) is 4.74. The van der Waals surface area contributed by atoms with E-state index < -0.39 is 0 Å². The molecule has 2 aromatic heterocycles. The number of aryl methyl sites for hydroxylation is 2. The first-order valence-corrected chi connectivity index (χ1v) is 10.0. The van der Waals surface area contributed by atoms with Crippen LogP contribution in [0.1, 0.15) is 56.7 Å². The highest BCUT2D eigenvalue weighted by atomic mass is 16.1. The van der Waals surface area contributed by atoms with E-state index in [0.29, 0.717) is 24.6 Å². The summed E-state index contributed by atoms with van der Waals surface area (Å²) in [6.07, 6.45) is 12.3. The summed E-state index contributed by atoms with van der Waals surface area (Å²) in [5.74, 6) is 1.88. The van der Waals surface area contributed by atoms with E-state index in [0.717, 1.165) is 36.5 Å². The maximum absolute atomic E-state index is 12.7. The van der Waals surface area contributed by atoms with Crippen LogP contribution in [-0.2, 0) is 24.7 Å². The molecule has 27 heavy (non-hydrogen) atoms. The minimum Gasteiger partial charge on any atom is -0.352 e. The predicted molar refractivity (Wildman–Crippen MR) is 106 cm³/mol. The van der Waals surface area contributed by atoms with Gasteiger partial charge in [0.25, 0.3) is 0 Å². The second kappa shape index (κ2) is 7.06. The number of likely N-dealkylation sites (N-methyl/N-ethyl adjacent to an activating group) is 1. The number of hydrogen-bond donors (Lipinski definition) is 0. The van der Waals surface area contributed by atoms with Crippen LogP contribution in [-0.4, -0.2) is 38.9 Å². The van der Waals surface area contributed by atoms with Gasteiger partial charge in [-0.15, -0.1) is 0 Å². The molecule has 2 aromatic rings. The van der Waals surface area contributed by atoms with E-state index >= 15 is 0 Å². The minimum atomic E-state index is 0.199. The summed E-state index contributed by atoms with van der Waals surface area (Å²) in [6.45, 7) is 2.68. The second-order valence-electron chi connectivity index (χ2n) is 8.66. The molecule has 1 fully saturated rings. The molecule has 0 unspecified atom stereocenters. The zero-order valence-electron chi connectivity index (χ0n) is 16.7. The summed E-state index contributed by atoms with van der Waals surface area (Å²) in [5, 5.41) is 0. The maximum Gasteiger partial charge on any atom is 0.182 e. The van der Waals surface area contributed by atoms with Crippen molar-refractivity contribution in [3.63, 3.8) is 0 Å². The SMILES string of the molecule is CN(CC(=O)CC1(C)CCCC1)c1nc(-c2cn(C)cn2)nc2c1CCC2. The normalized spacial score (nSPS) is 17.9. The van der Waals surface area contributed by atoms with Crippen molar-refractivity contribution in [2.45, 2.75) is 58.3 Å². The van der Waals surface area contributed by atoms with Crippen molar-refractivity contribution in [2.75, 3.05) is 18.5 Å². The molecule has 0 spiro atoms. The molecule has 0 saturated heterocycles. The lowest BCUT2D eigenvalue weighted by Gasteiger charge is -2.25. The fourth-order valence-electron chi connectivity index (χ4n) is 4.65. The summed E-state index contributed by atoms with van der Waals surface area (Å²) in [4.78, 5) is 28.7. The lowest BCUT2D eigenvalue weighted by molar-refractivity contribution is -0.119. The molecule has 6 heteroatoms. The lowest BCUT2D eigenvalue weighted by Crippen LogP contribution is -2.30. The zero-order valence-corrected chi connectivity index (χ0v) is 16.7. The van der Waals surface area contributed by atoms with Crippen molar-refractivity contribution in [3.05, 3.63) is 23.8 Å². The lowest BCUT2D eigenvalue weighted by atomic mass is 9.83. The molecular weight excluding hydrogens is 338 g/mol. The third-order valence-electron chi connectivity index (χ3n) is 6.05. The van der Waals surface area contributed by atoms with Gasteiger partial charge in [0.1, 0.15) is 11.5 Å². The van der Waals surface area contributed by atoms with Crippen LogP contribution in [0, 0.1) is 5.41 Å². The van der Waals surface area contributed by atoms with E-state index in [1.54, 1.807) is 6.33 Å². The Balaban J connectivity index is 1.56. The van der Waals surface area contributed by atoms with Crippen LogP contribution in [0.4, 0.5) is 5.82 Å². The van der Waals surface area contributed by atoms with Crippen LogP contribution in [0.2, 0.25) is 0 Å². The molecule has 0 aliphatic heterocycles. The average Bonchev–Trinajstić information content (AvgIpc) is 3.34. The van der Waals surface area contributed by atoms with E-state index in [-0.39, 0.29) is 5.41 Å². The summed E-state index contributed by atoms with van der Waals surface area (Å²) in [7, 11) is 3.93. The van der Waals surface area contributed by atoms with E-state index in [4.69, 9.17) is 9.97 Å². The molecule has 4 rings (SSSR count). The molecule has 0 amide bonds. The van der Waals surface area contributed by atoms with Gasteiger partial charge in [0.2, 0.25) is 0 Å². The number of imidazole rings is 1. The Morgan fingerprint density at radius 3 is 2.70 bits per heavy atom. The number of fused-ring (bicyclic) bond motifs is 1. The fraction of sp³-hybridized carbons (Fsp3) is 0.619. The van der Waals surface area contributed by atoms with Crippen molar-refractivity contribution in [2.24, 2.45) is 12.5 Å². The quantitative estimate of drug-likeness (QED) is 0.783. The van der Waals surface area contributed by atoms with Gasteiger partial charge in [0.05, 0.1) is 12.9 Å². The smallest absolute Gasteiger partial charge is 0.182 e. The van der Waals surface area contributed by atoms with Crippen molar-refractivity contribution in [1.82, 2.24) is 19.5 Å². The number of Topliss-reactive ketones (excluding diaryl/α,β-unsaturated/α-hetero) is 1. The molecule has 2 aliphatic carbocycles. The molecule has 144 valence electrons. The Labute approximate surface area is 161 Å². The number of carbonyl (C=O) groups excluding carboxylic acids is 1. The molecule has 0 atom stereocenters. The van der Waals surface area contributed by atoms with Crippen molar-refractivity contribution < 1.29 is 4.79 Å². The fourth-order valence-corrected chi connectivity index (χ4v) is 4.65. The number of hydrogen-bond acceptors (Lipinski definition) is 5. The van der Waals surface area contributed by atoms with Gasteiger partial charge in [0, 0.05) is 38.0 Å². The highest BCUT2D eigenvalue weighted by Crippen LogP contribution is 2.40. The highest BCUT2D eigenvalue weighted by Gasteiger charge is 2.31. The van der Waals surface area contributed by atoms with Crippen LogP contribution >= 0.6 is 0 Å². The van der Waals surface area contributed by atoms with Gasteiger partial charge in [0.15, 0.2) is 11.6 Å². The van der Waals surface area contributed by atoms with Gasteiger partial charge >= 0.3 is 0 Å². The van der Waals surface area contributed by atoms with Crippen LogP contribution in [0.15, 0.2) is 12.5 Å². The summed E-state index contributed by atoms with van der Waals surface area (Å²) >= 11 is 0. The predicted octanol–water partition coefficient (Wildman–Crippen LogP) is 3.34. The molecule has 0 radical (unpaired) electrons. The molecule has 0 aromatic carbocycles. The molecule has 0 N–H and O–H groups in total. The maximum atomic E-state index is 12.7. The van der Waals surface area contributed by atoms with Gasteiger partial charge in [-0.25, -0.2) is 15.0 Å². The third kappa shape index (κ3) is 3.75. The molecule has 2 aliphatic rings. The molecule has 0 bridgehead atoms. The van der Waals surface area contributed by atoms with E-state index in [1.165, 1.54) is 31.2 Å². The number of ketones is 1. The van der Waals surface area contributed by atoms with E-state index in [9.17, 15) is 4.79 Å². The first-order chi connectivity index (χ1) is 12.9. The molecule has 1 saturated carbocycles. The number of aromatic nitrogens is 4. The van der Waals surface area contributed by atoms with Crippen molar-refractivity contribution in [3.8, 4) is 11.5 Å². The van der Waals surface area contributed by atoms with Crippen LogP contribution in [0.5, 0.6) is 0 Å². The van der Waals surface area contributed by atoms with Crippen LogP contribution < -0.4 is 4.90 Å². The standard InChI is InChI=1S/C21H29N5O/c1-21(9-4-5-10-21)11-15(27)12-26(3)20-16-7-6-8-17(16)23-19(24-20)18-13-25(2)14-22-18/h13-14H,4-12H2,1-3H3. The highest BCUT2D eigenvalue weighted by molar-refractivity contribution is 5.84. The average molecular weight is 367 g/mol. The zero-order chi connectivity index (χ0) is 19.0.